The normalized spacial score (nSPS) is 16.9. The van der Waals surface area contributed by atoms with Gasteiger partial charge in [-0.25, -0.2) is 4.79 Å². The van der Waals surface area contributed by atoms with Crippen LogP contribution in [0.5, 0.6) is 0 Å². The van der Waals surface area contributed by atoms with Gasteiger partial charge in [0, 0.05) is 19.3 Å². The minimum atomic E-state index is -0.0880. The van der Waals surface area contributed by atoms with Gasteiger partial charge in [-0.15, -0.1) is 4.73 Å². The summed E-state index contributed by atoms with van der Waals surface area (Å²) >= 11 is 0. The van der Waals surface area contributed by atoms with Crippen LogP contribution in [0.3, 0.4) is 0 Å². The zero-order valence-electron chi connectivity index (χ0n) is 11.0. The molecular weight excluding hydrogens is 244 g/mol. The summed E-state index contributed by atoms with van der Waals surface area (Å²) in [6.07, 6.45) is 1.75. The minimum Gasteiger partial charge on any atom is -0.409 e. The number of nitrogens with zero attached hydrogens (tertiary/aromatic N) is 2. The van der Waals surface area contributed by atoms with Crippen LogP contribution in [-0.4, -0.2) is 29.1 Å². The van der Waals surface area contributed by atoms with Crippen LogP contribution in [0.15, 0.2) is 29.1 Å². The highest BCUT2D eigenvalue weighted by Gasteiger charge is 2.22. The monoisotopic (exact) mass is 262 g/mol. The molecule has 0 aliphatic carbocycles. The van der Waals surface area contributed by atoms with Crippen LogP contribution in [-0.2, 0) is 4.74 Å². The van der Waals surface area contributed by atoms with Crippen molar-refractivity contribution in [1.82, 2.24) is 9.30 Å². The van der Waals surface area contributed by atoms with Crippen molar-refractivity contribution in [3.05, 3.63) is 34.7 Å². The molecule has 0 N–H and O–H groups in total. The topological polar surface area (TPSA) is 45.4 Å². The Labute approximate surface area is 111 Å². The zero-order chi connectivity index (χ0) is 13.2. The Balaban J connectivity index is 2.17. The lowest BCUT2D eigenvalue weighted by Gasteiger charge is -2.23. The Morgan fingerprint density at radius 2 is 1.95 bits per heavy atom. The molecule has 1 aromatic carbocycles. The van der Waals surface area contributed by atoms with E-state index in [4.69, 9.17) is 9.57 Å². The van der Waals surface area contributed by atoms with E-state index < -0.39 is 0 Å². The van der Waals surface area contributed by atoms with Crippen LogP contribution in [0, 0.1) is 0 Å². The fraction of sp³-hybridized carbons (Fsp3) is 0.500. The van der Waals surface area contributed by atoms with Crippen molar-refractivity contribution in [3.63, 3.8) is 0 Å². The van der Waals surface area contributed by atoms with E-state index in [1.165, 1.54) is 4.73 Å². The first kappa shape index (κ1) is 12.3. The lowest BCUT2D eigenvalue weighted by molar-refractivity contribution is 0.0664. The molecule has 0 saturated carbocycles. The van der Waals surface area contributed by atoms with Crippen molar-refractivity contribution in [3.8, 4) is 0 Å². The summed E-state index contributed by atoms with van der Waals surface area (Å²) in [4.78, 5) is 18.0. The van der Waals surface area contributed by atoms with Gasteiger partial charge < -0.3 is 9.57 Å². The maximum atomic E-state index is 12.5. The summed E-state index contributed by atoms with van der Waals surface area (Å²) in [6, 6.07) is 7.97. The Bertz CT molecular complexity index is 623. The van der Waals surface area contributed by atoms with Crippen LogP contribution in [0.25, 0.3) is 11.0 Å². The highest BCUT2D eigenvalue weighted by Crippen LogP contribution is 2.24. The van der Waals surface area contributed by atoms with E-state index in [0.29, 0.717) is 19.8 Å². The van der Waals surface area contributed by atoms with Crippen molar-refractivity contribution < 1.29 is 9.57 Å². The van der Waals surface area contributed by atoms with Crippen LogP contribution in [0.4, 0.5) is 0 Å². The SMILES string of the molecule is CCOn1c(=O)n(C2CCOCC2)c2ccccc21. The molecule has 0 unspecified atom stereocenters. The highest BCUT2D eigenvalue weighted by atomic mass is 16.7. The van der Waals surface area contributed by atoms with Gasteiger partial charge in [0.25, 0.3) is 0 Å². The molecule has 3 rings (SSSR count). The van der Waals surface area contributed by atoms with E-state index in [2.05, 4.69) is 0 Å². The predicted octanol–water partition coefficient (Wildman–Crippen LogP) is 1.60. The van der Waals surface area contributed by atoms with Crippen molar-refractivity contribution in [2.45, 2.75) is 25.8 Å². The van der Waals surface area contributed by atoms with Gasteiger partial charge in [-0.2, -0.15) is 0 Å². The van der Waals surface area contributed by atoms with E-state index in [1.54, 1.807) is 0 Å². The smallest absolute Gasteiger partial charge is 0.362 e. The summed E-state index contributed by atoms with van der Waals surface area (Å²) in [7, 11) is 0. The van der Waals surface area contributed by atoms with Crippen molar-refractivity contribution in [2.24, 2.45) is 0 Å². The number of hydrogen-bond acceptors (Lipinski definition) is 3. The first-order chi connectivity index (χ1) is 9.33. The van der Waals surface area contributed by atoms with Crippen LogP contribution in [0.2, 0.25) is 0 Å². The molecule has 0 radical (unpaired) electrons. The summed E-state index contributed by atoms with van der Waals surface area (Å²) in [5.41, 5.74) is 1.68. The average Bonchev–Trinajstić information content (AvgIpc) is 2.73. The van der Waals surface area contributed by atoms with E-state index in [0.717, 1.165) is 23.9 Å². The highest BCUT2D eigenvalue weighted by molar-refractivity contribution is 5.75. The number of imidazole rings is 1. The first-order valence-corrected chi connectivity index (χ1v) is 6.76. The van der Waals surface area contributed by atoms with E-state index in [9.17, 15) is 4.79 Å². The molecule has 1 fully saturated rings. The third kappa shape index (κ3) is 2.04. The molecular formula is C14H18N2O3. The lowest BCUT2D eigenvalue weighted by atomic mass is 10.1. The first-order valence-electron chi connectivity index (χ1n) is 6.76. The maximum Gasteiger partial charge on any atom is 0.362 e. The molecule has 1 aromatic heterocycles. The Hall–Kier alpha value is -1.75. The van der Waals surface area contributed by atoms with Gasteiger partial charge >= 0.3 is 5.69 Å². The Morgan fingerprint density at radius 3 is 2.63 bits per heavy atom. The van der Waals surface area contributed by atoms with Crippen molar-refractivity contribution >= 4 is 11.0 Å². The van der Waals surface area contributed by atoms with E-state index >= 15 is 0 Å². The van der Waals surface area contributed by atoms with Crippen LogP contribution in [0.1, 0.15) is 25.8 Å². The number of para-hydroxylation sites is 2. The fourth-order valence-corrected chi connectivity index (χ4v) is 2.69. The molecule has 0 atom stereocenters. The maximum absolute atomic E-state index is 12.5. The molecule has 0 amide bonds. The molecule has 0 bridgehead atoms. The number of aromatic nitrogens is 2. The van der Waals surface area contributed by atoms with Crippen LogP contribution < -0.4 is 10.5 Å². The second-order valence-corrected chi connectivity index (χ2v) is 4.70. The van der Waals surface area contributed by atoms with Gasteiger partial charge in [-0.3, -0.25) is 4.57 Å². The summed E-state index contributed by atoms with van der Waals surface area (Å²) < 4.78 is 8.64. The Morgan fingerprint density at radius 1 is 1.26 bits per heavy atom. The fourth-order valence-electron chi connectivity index (χ4n) is 2.69. The number of fused-ring (bicyclic) bond motifs is 1. The quantitative estimate of drug-likeness (QED) is 0.844. The number of benzene rings is 1. The van der Waals surface area contributed by atoms with Gasteiger partial charge in [0.05, 0.1) is 5.52 Å². The van der Waals surface area contributed by atoms with E-state index in [1.807, 2.05) is 35.8 Å². The second kappa shape index (κ2) is 5.09. The van der Waals surface area contributed by atoms with Crippen molar-refractivity contribution in [1.29, 1.82) is 0 Å². The Kier molecular flexibility index (Phi) is 3.29. The number of hydrogen-bond donors (Lipinski definition) is 0. The molecule has 1 aliphatic rings. The van der Waals surface area contributed by atoms with E-state index in [-0.39, 0.29) is 11.7 Å². The second-order valence-electron chi connectivity index (χ2n) is 4.70. The largest absolute Gasteiger partial charge is 0.409 e. The van der Waals surface area contributed by atoms with Gasteiger partial charge in [-0.1, -0.05) is 12.1 Å². The minimum absolute atomic E-state index is 0.0880. The van der Waals surface area contributed by atoms with Gasteiger partial charge in [-0.05, 0) is 31.9 Å². The van der Waals surface area contributed by atoms with Crippen LogP contribution >= 0.6 is 0 Å². The molecule has 102 valence electrons. The summed E-state index contributed by atoms with van der Waals surface area (Å²) in [6.45, 7) is 3.78. The molecule has 1 aliphatic heterocycles. The molecule has 1 saturated heterocycles. The molecule has 5 heteroatoms. The lowest BCUT2D eigenvalue weighted by Crippen LogP contribution is -2.33. The standard InChI is InChI=1S/C14H18N2O3/c1-2-19-16-13-6-4-3-5-12(13)15(14(16)17)11-7-9-18-10-8-11/h3-6,11H,2,7-10H2,1H3. The third-order valence-electron chi connectivity index (χ3n) is 3.55. The number of rotatable bonds is 3. The zero-order valence-corrected chi connectivity index (χ0v) is 11.0. The number of ether oxygens (including phenoxy) is 1. The van der Waals surface area contributed by atoms with Crippen molar-refractivity contribution in [2.75, 3.05) is 19.8 Å². The summed E-state index contributed by atoms with van der Waals surface area (Å²) in [5.74, 6) is 0. The molecule has 2 aromatic rings. The average molecular weight is 262 g/mol. The summed E-state index contributed by atoms with van der Waals surface area (Å²) in [5, 5.41) is 0. The molecule has 2 heterocycles. The molecule has 19 heavy (non-hydrogen) atoms. The van der Waals surface area contributed by atoms with Gasteiger partial charge in [0.2, 0.25) is 0 Å². The molecule has 0 spiro atoms. The third-order valence-corrected chi connectivity index (χ3v) is 3.55. The van der Waals surface area contributed by atoms with Gasteiger partial charge in [0.1, 0.15) is 12.1 Å². The molecule has 5 nitrogen and oxygen atoms in total. The van der Waals surface area contributed by atoms with Gasteiger partial charge in [0.15, 0.2) is 0 Å². The predicted molar refractivity (Wildman–Crippen MR) is 72.4 cm³/mol.